The molecule has 1 heterocycles. The SMILES string of the molecule is CCN(CC)C(=O)c1ccc(CNC(=NC)N2CCc3cc(OC)c(OC)cc3C2)cc1. The number of amides is 1. The van der Waals surface area contributed by atoms with E-state index in [2.05, 4.69) is 27.3 Å². The van der Waals surface area contributed by atoms with E-state index in [0.717, 1.165) is 48.1 Å². The molecule has 0 bridgehead atoms. The first-order valence-electron chi connectivity index (χ1n) is 11.1. The van der Waals surface area contributed by atoms with E-state index in [1.165, 1.54) is 11.1 Å². The summed E-state index contributed by atoms with van der Waals surface area (Å²) in [7, 11) is 5.13. The van der Waals surface area contributed by atoms with Gasteiger partial charge in [-0.25, -0.2) is 0 Å². The summed E-state index contributed by atoms with van der Waals surface area (Å²) in [5.74, 6) is 2.44. The number of aliphatic imine (C=N–C) groups is 1. The van der Waals surface area contributed by atoms with Crippen molar-refractivity contribution in [2.24, 2.45) is 4.99 Å². The highest BCUT2D eigenvalue weighted by molar-refractivity contribution is 5.94. The Kier molecular flexibility index (Phi) is 7.98. The number of benzene rings is 2. The van der Waals surface area contributed by atoms with Crippen molar-refractivity contribution < 1.29 is 14.3 Å². The molecule has 2 aromatic rings. The predicted molar refractivity (Wildman–Crippen MR) is 128 cm³/mol. The van der Waals surface area contributed by atoms with Gasteiger partial charge in [0.25, 0.3) is 5.91 Å². The van der Waals surface area contributed by atoms with Gasteiger partial charge in [-0.2, -0.15) is 0 Å². The number of guanidine groups is 1. The van der Waals surface area contributed by atoms with Crippen molar-refractivity contribution in [3.8, 4) is 11.5 Å². The van der Waals surface area contributed by atoms with Gasteiger partial charge < -0.3 is 24.6 Å². The van der Waals surface area contributed by atoms with Crippen LogP contribution in [0, 0.1) is 0 Å². The first kappa shape index (κ1) is 23.4. The normalized spacial score (nSPS) is 13.4. The summed E-state index contributed by atoms with van der Waals surface area (Å²) in [6, 6.07) is 11.9. The van der Waals surface area contributed by atoms with Crippen LogP contribution in [0.3, 0.4) is 0 Å². The van der Waals surface area contributed by atoms with Gasteiger partial charge in [-0.3, -0.25) is 9.79 Å². The van der Waals surface area contributed by atoms with E-state index in [9.17, 15) is 4.79 Å². The molecular formula is C25H34N4O3. The first-order chi connectivity index (χ1) is 15.5. The first-order valence-corrected chi connectivity index (χ1v) is 11.1. The molecule has 0 fully saturated rings. The third-order valence-corrected chi connectivity index (χ3v) is 5.93. The highest BCUT2D eigenvalue weighted by atomic mass is 16.5. The van der Waals surface area contributed by atoms with E-state index in [0.29, 0.717) is 19.6 Å². The van der Waals surface area contributed by atoms with Crippen LogP contribution in [0.15, 0.2) is 41.4 Å². The van der Waals surface area contributed by atoms with Crippen LogP contribution in [-0.4, -0.2) is 62.6 Å². The molecule has 0 saturated heterocycles. The number of fused-ring (bicyclic) bond motifs is 1. The number of carbonyl (C=O) groups excluding carboxylic acids is 1. The van der Waals surface area contributed by atoms with Gasteiger partial charge in [0.15, 0.2) is 17.5 Å². The molecule has 0 spiro atoms. The Morgan fingerprint density at radius 2 is 1.69 bits per heavy atom. The summed E-state index contributed by atoms with van der Waals surface area (Å²) in [6.07, 6.45) is 0.915. The lowest BCUT2D eigenvalue weighted by molar-refractivity contribution is 0.0773. The molecule has 2 aromatic carbocycles. The van der Waals surface area contributed by atoms with Gasteiger partial charge in [0.05, 0.1) is 14.2 Å². The maximum absolute atomic E-state index is 12.5. The zero-order valence-corrected chi connectivity index (χ0v) is 19.8. The van der Waals surface area contributed by atoms with Crippen LogP contribution in [0.5, 0.6) is 11.5 Å². The summed E-state index contributed by atoms with van der Waals surface area (Å²) in [6.45, 7) is 7.70. The van der Waals surface area contributed by atoms with Crippen molar-refractivity contribution in [1.82, 2.24) is 15.1 Å². The number of carbonyl (C=O) groups is 1. The maximum atomic E-state index is 12.5. The average Bonchev–Trinajstić information content (AvgIpc) is 2.84. The summed E-state index contributed by atoms with van der Waals surface area (Å²) < 4.78 is 10.9. The van der Waals surface area contributed by atoms with Gasteiger partial charge in [0, 0.05) is 45.3 Å². The minimum absolute atomic E-state index is 0.0735. The third-order valence-electron chi connectivity index (χ3n) is 5.93. The Balaban J connectivity index is 1.64. The Morgan fingerprint density at radius 3 is 2.25 bits per heavy atom. The molecule has 1 N–H and O–H groups in total. The van der Waals surface area contributed by atoms with Crippen LogP contribution in [0.1, 0.15) is 40.9 Å². The number of ether oxygens (including phenoxy) is 2. The molecule has 1 aliphatic rings. The molecule has 0 atom stereocenters. The van der Waals surface area contributed by atoms with E-state index >= 15 is 0 Å². The molecule has 0 saturated carbocycles. The van der Waals surface area contributed by atoms with Crippen LogP contribution in [0.25, 0.3) is 0 Å². The molecule has 0 aromatic heterocycles. The zero-order chi connectivity index (χ0) is 23.1. The number of nitrogens with zero attached hydrogens (tertiary/aromatic N) is 3. The number of nitrogens with one attached hydrogen (secondary N) is 1. The fourth-order valence-corrected chi connectivity index (χ4v) is 4.04. The minimum Gasteiger partial charge on any atom is -0.493 e. The fraction of sp³-hybridized carbons (Fsp3) is 0.440. The van der Waals surface area contributed by atoms with E-state index in [4.69, 9.17) is 9.47 Å². The van der Waals surface area contributed by atoms with E-state index in [1.807, 2.05) is 43.0 Å². The molecular weight excluding hydrogens is 404 g/mol. The second-order valence-corrected chi connectivity index (χ2v) is 7.72. The lowest BCUT2D eigenvalue weighted by Gasteiger charge is -2.32. The summed E-state index contributed by atoms with van der Waals surface area (Å²) in [4.78, 5) is 21.0. The number of hydrogen-bond donors (Lipinski definition) is 1. The topological polar surface area (TPSA) is 66.4 Å². The van der Waals surface area contributed by atoms with Crippen LogP contribution < -0.4 is 14.8 Å². The second kappa shape index (κ2) is 10.9. The fourth-order valence-electron chi connectivity index (χ4n) is 4.04. The zero-order valence-electron chi connectivity index (χ0n) is 19.8. The van der Waals surface area contributed by atoms with Crippen LogP contribution in [0.2, 0.25) is 0 Å². The Morgan fingerprint density at radius 1 is 1.06 bits per heavy atom. The number of hydrogen-bond acceptors (Lipinski definition) is 4. The standard InChI is InChI=1S/C25H34N4O3/c1-6-28(7-2)24(30)19-10-8-18(9-11-19)16-27-25(26-3)29-13-12-20-14-22(31-4)23(32-5)15-21(20)17-29/h8-11,14-15H,6-7,12-13,16-17H2,1-5H3,(H,26,27). The van der Waals surface area contributed by atoms with Crippen LogP contribution in [0.4, 0.5) is 0 Å². The highest BCUT2D eigenvalue weighted by Crippen LogP contribution is 2.33. The van der Waals surface area contributed by atoms with Gasteiger partial charge in [-0.05, 0) is 61.2 Å². The lowest BCUT2D eigenvalue weighted by Crippen LogP contribution is -2.43. The van der Waals surface area contributed by atoms with E-state index in [1.54, 1.807) is 21.3 Å². The van der Waals surface area contributed by atoms with E-state index in [-0.39, 0.29) is 5.91 Å². The minimum atomic E-state index is 0.0735. The third kappa shape index (κ3) is 5.15. The van der Waals surface area contributed by atoms with Gasteiger partial charge in [0.1, 0.15) is 0 Å². The highest BCUT2D eigenvalue weighted by Gasteiger charge is 2.21. The maximum Gasteiger partial charge on any atom is 0.253 e. The van der Waals surface area contributed by atoms with Crippen molar-refractivity contribution in [2.75, 3.05) is 40.9 Å². The van der Waals surface area contributed by atoms with Crippen molar-refractivity contribution in [3.05, 3.63) is 58.7 Å². The van der Waals surface area contributed by atoms with Gasteiger partial charge in [0.2, 0.25) is 0 Å². The van der Waals surface area contributed by atoms with Gasteiger partial charge in [-0.1, -0.05) is 12.1 Å². The quantitative estimate of drug-likeness (QED) is 0.531. The van der Waals surface area contributed by atoms with Crippen LogP contribution in [-0.2, 0) is 19.5 Å². The Hall–Kier alpha value is -3.22. The van der Waals surface area contributed by atoms with Gasteiger partial charge >= 0.3 is 0 Å². The number of methoxy groups -OCH3 is 2. The summed E-state index contributed by atoms with van der Waals surface area (Å²) in [5, 5.41) is 3.46. The van der Waals surface area contributed by atoms with Crippen molar-refractivity contribution in [3.63, 3.8) is 0 Å². The molecule has 7 heteroatoms. The Bertz CT molecular complexity index is 952. The summed E-state index contributed by atoms with van der Waals surface area (Å²) >= 11 is 0. The molecule has 0 radical (unpaired) electrons. The molecule has 0 aliphatic carbocycles. The summed E-state index contributed by atoms with van der Waals surface area (Å²) in [5.41, 5.74) is 4.32. The largest absolute Gasteiger partial charge is 0.493 e. The monoisotopic (exact) mass is 438 g/mol. The molecule has 7 nitrogen and oxygen atoms in total. The number of rotatable bonds is 7. The molecule has 1 aliphatic heterocycles. The molecule has 1 amide bonds. The van der Waals surface area contributed by atoms with Crippen molar-refractivity contribution in [1.29, 1.82) is 0 Å². The van der Waals surface area contributed by atoms with Crippen molar-refractivity contribution >= 4 is 11.9 Å². The smallest absolute Gasteiger partial charge is 0.253 e. The molecule has 0 unspecified atom stereocenters. The van der Waals surface area contributed by atoms with Crippen LogP contribution >= 0.6 is 0 Å². The molecule has 3 rings (SSSR count). The average molecular weight is 439 g/mol. The van der Waals surface area contributed by atoms with Gasteiger partial charge in [-0.15, -0.1) is 0 Å². The lowest BCUT2D eigenvalue weighted by atomic mass is 9.99. The Labute approximate surface area is 191 Å². The second-order valence-electron chi connectivity index (χ2n) is 7.72. The van der Waals surface area contributed by atoms with Crippen molar-refractivity contribution in [2.45, 2.75) is 33.4 Å². The van der Waals surface area contributed by atoms with E-state index < -0.39 is 0 Å². The predicted octanol–water partition coefficient (Wildman–Crippen LogP) is 3.32. The molecule has 32 heavy (non-hydrogen) atoms. The molecule has 172 valence electrons.